The van der Waals surface area contributed by atoms with Crippen LogP contribution < -0.4 is 0 Å². The second-order valence-corrected chi connectivity index (χ2v) is 2.70. The molecule has 0 saturated heterocycles. The van der Waals surface area contributed by atoms with E-state index in [4.69, 9.17) is 0 Å². The van der Waals surface area contributed by atoms with E-state index in [1.54, 1.807) is 0 Å². The largest absolute Gasteiger partial charge is 0.247 e. The number of rotatable bonds is 3. The van der Waals surface area contributed by atoms with E-state index >= 15 is 0 Å². The van der Waals surface area contributed by atoms with E-state index in [1.807, 2.05) is 6.92 Å². The molecule has 0 spiro atoms. The standard InChI is InChI=1S/C5H9NOS/c1-3-5(2)8-6-4-7/h5H,3H2,1-2H3. The van der Waals surface area contributed by atoms with Gasteiger partial charge in [-0.05, 0) is 18.4 Å². The van der Waals surface area contributed by atoms with Crippen LogP contribution in [0.2, 0.25) is 0 Å². The molecule has 0 bridgehead atoms. The first kappa shape index (κ1) is 7.73. The smallest absolute Gasteiger partial charge is 0.210 e. The molecular formula is C5H9NOS. The summed E-state index contributed by atoms with van der Waals surface area (Å²) in [5, 5.41) is 0.441. The lowest BCUT2D eigenvalue weighted by Crippen LogP contribution is -1.87. The van der Waals surface area contributed by atoms with E-state index in [0.717, 1.165) is 6.42 Å². The zero-order valence-corrected chi connectivity index (χ0v) is 5.86. The molecule has 0 aromatic rings. The van der Waals surface area contributed by atoms with Crippen LogP contribution in [0.3, 0.4) is 0 Å². The maximum Gasteiger partial charge on any atom is 0.247 e. The van der Waals surface area contributed by atoms with Crippen molar-refractivity contribution in [3.63, 3.8) is 0 Å². The average Bonchev–Trinajstić information content (AvgIpc) is 1.83. The van der Waals surface area contributed by atoms with Crippen molar-refractivity contribution < 1.29 is 4.79 Å². The number of isocyanates is 1. The molecule has 1 atom stereocenters. The monoisotopic (exact) mass is 131 g/mol. The van der Waals surface area contributed by atoms with Crippen molar-refractivity contribution >= 4 is 18.0 Å². The highest BCUT2D eigenvalue weighted by Gasteiger charge is 1.94. The molecular weight excluding hydrogens is 122 g/mol. The van der Waals surface area contributed by atoms with Gasteiger partial charge >= 0.3 is 0 Å². The quantitative estimate of drug-likeness (QED) is 0.332. The van der Waals surface area contributed by atoms with Gasteiger partial charge in [-0.3, -0.25) is 0 Å². The van der Waals surface area contributed by atoms with Crippen LogP contribution in [0.4, 0.5) is 0 Å². The Kier molecular flexibility index (Phi) is 4.71. The fraction of sp³-hybridized carbons (Fsp3) is 0.800. The number of hydrogen-bond acceptors (Lipinski definition) is 3. The molecule has 46 valence electrons. The lowest BCUT2D eigenvalue weighted by Gasteiger charge is -1.97. The summed E-state index contributed by atoms with van der Waals surface area (Å²) in [4.78, 5) is 9.51. The molecule has 0 saturated carbocycles. The van der Waals surface area contributed by atoms with E-state index in [2.05, 4.69) is 11.3 Å². The first-order valence-electron chi connectivity index (χ1n) is 2.54. The Morgan fingerprint density at radius 1 is 1.88 bits per heavy atom. The summed E-state index contributed by atoms with van der Waals surface area (Å²) >= 11 is 1.28. The summed E-state index contributed by atoms with van der Waals surface area (Å²) < 4.78 is 3.35. The molecule has 0 aliphatic heterocycles. The number of nitrogens with zero attached hydrogens (tertiary/aromatic N) is 1. The third-order valence-corrected chi connectivity index (χ3v) is 1.72. The van der Waals surface area contributed by atoms with Gasteiger partial charge in [0.2, 0.25) is 6.08 Å². The minimum Gasteiger partial charge on any atom is -0.210 e. The molecule has 0 rings (SSSR count). The topological polar surface area (TPSA) is 29.4 Å². The lowest BCUT2D eigenvalue weighted by atomic mass is 10.4. The molecule has 0 aliphatic carbocycles. The van der Waals surface area contributed by atoms with Crippen molar-refractivity contribution in [2.75, 3.05) is 0 Å². The summed E-state index contributed by atoms with van der Waals surface area (Å²) in [6.45, 7) is 4.07. The van der Waals surface area contributed by atoms with Gasteiger partial charge in [-0.1, -0.05) is 13.8 Å². The summed E-state index contributed by atoms with van der Waals surface area (Å²) in [6.07, 6.45) is 2.51. The van der Waals surface area contributed by atoms with Crippen LogP contribution >= 0.6 is 11.9 Å². The SMILES string of the molecule is CCC(C)SN=C=O. The van der Waals surface area contributed by atoms with Crippen LogP contribution in [0.1, 0.15) is 20.3 Å². The highest BCUT2D eigenvalue weighted by molar-refractivity contribution is 7.98. The summed E-state index contributed by atoms with van der Waals surface area (Å²) in [6, 6.07) is 0. The molecule has 0 heterocycles. The van der Waals surface area contributed by atoms with Crippen molar-refractivity contribution in [1.29, 1.82) is 0 Å². The van der Waals surface area contributed by atoms with Crippen molar-refractivity contribution in [1.82, 2.24) is 0 Å². The lowest BCUT2D eigenvalue weighted by molar-refractivity contribution is 0.566. The minimum absolute atomic E-state index is 0.441. The molecule has 0 radical (unpaired) electrons. The molecule has 1 unspecified atom stereocenters. The Hall–Kier alpha value is -0.270. The Morgan fingerprint density at radius 3 is 2.88 bits per heavy atom. The van der Waals surface area contributed by atoms with Crippen LogP contribution in [0.5, 0.6) is 0 Å². The van der Waals surface area contributed by atoms with Gasteiger partial charge in [0.15, 0.2) is 0 Å². The first-order valence-corrected chi connectivity index (χ1v) is 3.38. The Bertz CT molecular complexity index is 98.6. The molecule has 0 N–H and O–H groups in total. The molecule has 2 nitrogen and oxygen atoms in total. The summed E-state index contributed by atoms with van der Waals surface area (Å²) in [7, 11) is 0. The van der Waals surface area contributed by atoms with Gasteiger partial charge in [-0.25, -0.2) is 4.79 Å². The van der Waals surface area contributed by atoms with Crippen molar-refractivity contribution in [2.45, 2.75) is 25.5 Å². The third kappa shape index (κ3) is 3.90. The van der Waals surface area contributed by atoms with Crippen LogP contribution in [0.25, 0.3) is 0 Å². The summed E-state index contributed by atoms with van der Waals surface area (Å²) in [5.74, 6) is 0. The highest BCUT2D eigenvalue weighted by Crippen LogP contribution is 2.12. The van der Waals surface area contributed by atoms with Crippen LogP contribution in [0.15, 0.2) is 4.40 Å². The zero-order valence-electron chi connectivity index (χ0n) is 5.05. The van der Waals surface area contributed by atoms with Gasteiger partial charge in [0.1, 0.15) is 0 Å². The molecule has 8 heavy (non-hydrogen) atoms. The van der Waals surface area contributed by atoms with Crippen LogP contribution in [0, 0.1) is 0 Å². The van der Waals surface area contributed by atoms with Gasteiger partial charge in [-0.2, -0.15) is 0 Å². The van der Waals surface area contributed by atoms with E-state index in [0.29, 0.717) is 5.25 Å². The third-order valence-electron chi connectivity index (χ3n) is 0.845. The predicted octanol–water partition coefficient (Wildman–Crippen LogP) is 1.77. The molecule has 0 aliphatic rings. The number of carbonyl (C=O) groups excluding carboxylic acids is 1. The van der Waals surface area contributed by atoms with Crippen LogP contribution in [-0.2, 0) is 4.79 Å². The second-order valence-electron chi connectivity index (χ2n) is 1.51. The fourth-order valence-electron chi connectivity index (χ4n) is 0.186. The average molecular weight is 131 g/mol. The number of hydrogen-bond donors (Lipinski definition) is 0. The van der Waals surface area contributed by atoms with Gasteiger partial charge < -0.3 is 0 Å². The molecule has 0 aromatic carbocycles. The van der Waals surface area contributed by atoms with E-state index in [1.165, 1.54) is 18.0 Å². The Labute approximate surface area is 53.5 Å². The van der Waals surface area contributed by atoms with Crippen molar-refractivity contribution in [2.24, 2.45) is 4.40 Å². The zero-order chi connectivity index (χ0) is 6.41. The van der Waals surface area contributed by atoms with Crippen molar-refractivity contribution in [3.05, 3.63) is 0 Å². The van der Waals surface area contributed by atoms with E-state index in [9.17, 15) is 4.79 Å². The van der Waals surface area contributed by atoms with Gasteiger partial charge in [-0.15, -0.1) is 4.40 Å². The Balaban J connectivity index is 3.23. The molecule has 3 heteroatoms. The van der Waals surface area contributed by atoms with Crippen LogP contribution in [-0.4, -0.2) is 11.3 Å². The van der Waals surface area contributed by atoms with Crippen molar-refractivity contribution in [3.8, 4) is 0 Å². The van der Waals surface area contributed by atoms with Gasteiger partial charge in [0, 0.05) is 5.25 Å². The maximum absolute atomic E-state index is 9.51. The van der Waals surface area contributed by atoms with E-state index in [-0.39, 0.29) is 0 Å². The van der Waals surface area contributed by atoms with E-state index < -0.39 is 0 Å². The Morgan fingerprint density at radius 2 is 2.50 bits per heavy atom. The molecule has 0 amide bonds. The second kappa shape index (κ2) is 4.88. The minimum atomic E-state index is 0.441. The normalized spacial score (nSPS) is 12.2. The highest BCUT2D eigenvalue weighted by atomic mass is 32.2. The first-order chi connectivity index (χ1) is 3.81. The fourth-order valence-corrected chi connectivity index (χ4v) is 0.558. The maximum atomic E-state index is 9.51. The van der Waals surface area contributed by atoms with Gasteiger partial charge in [0.05, 0.1) is 0 Å². The molecule has 0 fully saturated rings. The summed E-state index contributed by atoms with van der Waals surface area (Å²) in [5.41, 5.74) is 0. The molecule has 0 aromatic heterocycles. The predicted molar refractivity (Wildman–Crippen MR) is 35.5 cm³/mol. The van der Waals surface area contributed by atoms with Gasteiger partial charge in [0.25, 0.3) is 0 Å².